The van der Waals surface area contributed by atoms with Crippen molar-refractivity contribution in [3.05, 3.63) is 59.7 Å². The topological polar surface area (TPSA) is 60.2 Å². The number of fused-ring (bicyclic) bond motifs is 1. The molecule has 2 aromatic carbocycles. The maximum atomic E-state index is 10.3. The number of hydrogen-bond acceptors (Lipinski definition) is 4. The predicted molar refractivity (Wildman–Crippen MR) is 92.1 cm³/mol. The molecule has 0 fully saturated rings. The minimum absolute atomic E-state index is 0.480. The van der Waals surface area contributed by atoms with Crippen LogP contribution >= 0.6 is 0 Å². The Labute approximate surface area is 140 Å². The van der Waals surface area contributed by atoms with Crippen LogP contribution in [0, 0.1) is 18.8 Å². The zero-order valence-electron chi connectivity index (χ0n) is 13.7. The summed E-state index contributed by atoms with van der Waals surface area (Å²) in [6.45, 7) is 4.38. The van der Waals surface area contributed by atoms with Crippen molar-refractivity contribution in [3.63, 3.8) is 0 Å². The summed E-state index contributed by atoms with van der Waals surface area (Å²) in [5, 5.41) is 18.5. The molecule has 3 rings (SSSR count). The summed E-state index contributed by atoms with van der Waals surface area (Å²) in [7, 11) is 0. The van der Waals surface area contributed by atoms with Crippen LogP contribution in [0.5, 0.6) is 0 Å². The van der Waals surface area contributed by atoms with E-state index in [2.05, 4.69) is 22.2 Å². The first-order valence-corrected chi connectivity index (χ1v) is 7.86. The lowest BCUT2D eigenvalue weighted by molar-refractivity contribution is 0.0467. The Morgan fingerprint density at radius 2 is 1.88 bits per heavy atom. The number of rotatable bonds is 4. The molecule has 0 saturated heterocycles. The Bertz CT molecular complexity index is 875. The first-order chi connectivity index (χ1) is 11.7. The van der Waals surface area contributed by atoms with E-state index in [0.29, 0.717) is 6.61 Å². The van der Waals surface area contributed by atoms with E-state index in [1.807, 2.05) is 62.4 Å². The van der Waals surface area contributed by atoms with E-state index in [4.69, 9.17) is 4.74 Å². The molecular weight excluding hydrogens is 302 g/mol. The van der Waals surface area contributed by atoms with E-state index in [0.717, 1.165) is 22.2 Å². The molecule has 5 heteroatoms. The predicted octanol–water partition coefficient (Wildman–Crippen LogP) is 3.01. The molecule has 1 heterocycles. The molecule has 1 N–H and O–H groups in total. The van der Waals surface area contributed by atoms with Crippen LogP contribution in [0.2, 0.25) is 0 Å². The Hall–Kier alpha value is -2.68. The second kappa shape index (κ2) is 7.26. The number of aryl methyl sites for hydroxylation is 1. The third kappa shape index (κ3) is 3.46. The number of para-hydroxylation sites is 1. The van der Waals surface area contributed by atoms with Gasteiger partial charge in [-0.3, -0.25) is 0 Å². The number of aliphatic hydroxyl groups is 1. The lowest BCUT2D eigenvalue weighted by Gasteiger charge is -2.12. The van der Waals surface area contributed by atoms with E-state index in [-0.39, 0.29) is 0 Å². The molecule has 0 amide bonds. The number of benzene rings is 2. The highest BCUT2D eigenvalue weighted by molar-refractivity contribution is 5.74. The van der Waals surface area contributed by atoms with Crippen LogP contribution < -0.4 is 0 Å². The fourth-order valence-electron chi connectivity index (χ4n) is 2.37. The van der Waals surface area contributed by atoms with Gasteiger partial charge in [-0.05, 0) is 37.5 Å². The molecule has 0 aliphatic heterocycles. The first kappa shape index (κ1) is 16.2. The minimum atomic E-state index is -0.872. The summed E-state index contributed by atoms with van der Waals surface area (Å²) in [5.41, 5.74) is 3.52. The van der Waals surface area contributed by atoms with E-state index in [1.165, 1.54) is 0 Å². The lowest BCUT2D eigenvalue weighted by Crippen LogP contribution is -2.13. The van der Waals surface area contributed by atoms with E-state index >= 15 is 0 Å². The second-order valence-electron chi connectivity index (χ2n) is 5.43. The number of nitrogens with zero attached hydrogens (tertiary/aromatic N) is 3. The van der Waals surface area contributed by atoms with E-state index < -0.39 is 12.3 Å². The van der Waals surface area contributed by atoms with Crippen LogP contribution in [0.3, 0.4) is 0 Å². The highest BCUT2D eigenvalue weighted by Crippen LogP contribution is 2.17. The normalized spacial score (nSPS) is 13.3. The molecule has 0 aliphatic carbocycles. The molecule has 2 unspecified atom stereocenters. The van der Waals surface area contributed by atoms with Crippen molar-refractivity contribution in [2.75, 3.05) is 6.61 Å². The summed E-state index contributed by atoms with van der Waals surface area (Å²) in [6, 6.07) is 15.3. The molecule has 0 bridgehead atoms. The van der Waals surface area contributed by atoms with Gasteiger partial charge in [-0.2, -0.15) is 0 Å². The lowest BCUT2D eigenvalue weighted by atomic mass is 10.1. The van der Waals surface area contributed by atoms with Crippen molar-refractivity contribution in [1.82, 2.24) is 15.0 Å². The van der Waals surface area contributed by atoms with Gasteiger partial charge in [0.2, 0.25) is 6.23 Å². The van der Waals surface area contributed by atoms with Crippen LogP contribution in [-0.4, -0.2) is 26.7 Å². The number of hydrogen-bond donors (Lipinski definition) is 1. The van der Waals surface area contributed by atoms with Crippen LogP contribution in [0.4, 0.5) is 0 Å². The van der Waals surface area contributed by atoms with E-state index in [9.17, 15) is 5.11 Å². The summed E-state index contributed by atoms with van der Waals surface area (Å²) in [5.74, 6) is 5.81. The smallest absolute Gasteiger partial charge is 0.215 e. The maximum absolute atomic E-state index is 10.3. The first-order valence-electron chi connectivity index (χ1n) is 7.86. The molecule has 24 heavy (non-hydrogen) atoms. The minimum Gasteiger partial charge on any atom is -0.376 e. The standard InChI is InChI=1S/C19H19N3O2/c1-3-24-19(22-17-7-5-4-6-16(17)20-21-22)13-12-18(23)15-10-8-14(2)9-11-15/h4-11,18-19,23H,3H2,1-2H3. The van der Waals surface area contributed by atoms with Gasteiger partial charge in [0.15, 0.2) is 0 Å². The SMILES string of the molecule is CCOC(C#CC(O)c1ccc(C)cc1)n1nnc2ccccc21. The summed E-state index contributed by atoms with van der Waals surface area (Å²) < 4.78 is 7.31. The van der Waals surface area contributed by atoms with Crippen molar-refractivity contribution in [2.45, 2.75) is 26.2 Å². The second-order valence-corrected chi connectivity index (χ2v) is 5.43. The molecule has 5 nitrogen and oxygen atoms in total. The largest absolute Gasteiger partial charge is 0.376 e. The van der Waals surface area contributed by atoms with Gasteiger partial charge in [-0.1, -0.05) is 53.1 Å². The van der Waals surface area contributed by atoms with Gasteiger partial charge in [0.05, 0.1) is 5.52 Å². The van der Waals surface area contributed by atoms with Gasteiger partial charge in [-0.15, -0.1) is 5.10 Å². The van der Waals surface area contributed by atoms with Gasteiger partial charge in [0.25, 0.3) is 0 Å². The Morgan fingerprint density at radius 3 is 2.62 bits per heavy atom. The summed E-state index contributed by atoms with van der Waals surface area (Å²) >= 11 is 0. The Morgan fingerprint density at radius 1 is 1.12 bits per heavy atom. The summed E-state index contributed by atoms with van der Waals surface area (Å²) in [4.78, 5) is 0. The van der Waals surface area contributed by atoms with Crippen molar-refractivity contribution in [2.24, 2.45) is 0 Å². The van der Waals surface area contributed by atoms with Crippen LogP contribution in [0.1, 0.15) is 30.4 Å². The van der Waals surface area contributed by atoms with Crippen molar-refractivity contribution >= 4 is 11.0 Å². The van der Waals surface area contributed by atoms with Gasteiger partial charge in [0, 0.05) is 6.61 Å². The molecule has 0 aliphatic rings. The highest BCUT2D eigenvalue weighted by atomic mass is 16.5. The van der Waals surface area contributed by atoms with Gasteiger partial charge in [0.1, 0.15) is 11.6 Å². The molecule has 122 valence electrons. The third-order valence-corrected chi connectivity index (χ3v) is 3.66. The van der Waals surface area contributed by atoms with Crippen LogP contribution in [0.25, 0.3) is 11.0 Å². The maximum Gasteiger partial charge on any atom is 0.215 e. The zero-order valence-corrected chi connectivity index (χ0v) is 13.7. The van der Waals surface area contributed by atoms with Crippen LogP contribution in [-0.2, 0) is 4.74 Å². The monoisotopic (exact) mass is 321 g/mol. The average Bonchev–Trinajstić information content (AvgIpc) is 3.03. The molecular formula is C19H19N3O2. The van der Waals surface area contributed by atoms with Gasteiger partial charge < -0.3 is 9.84 Å². The van der Waals surface area contributed by atoms with Gasteiger partial charge in [-0.25, -0.2) is 4.68 Å². The molecule has 0 saturated carbocycles. The molecule has 3 aromatic rings. The average molecular weight is 321 g/mol. The Balaban J connectivity index is 1.88. The molecule has 2 atom stereocenters. The number of aliphatic hydroxyl groups excluding tert-OH is 1. The highest BCUT2D eigenvalue weighted by Gasteiger charge is 2.13. The van der Waals surface area contributed by atoms with E-state index in [1.54, 1.807) is 4.68 Å². The number of ether oxygens (including phenoxy) is 1. The van der Waals surface area contributed by atoms with Crippen molar-refractivity contribution in [1.29, 1.82) is 0 Å². The van der Waals surface area contributed by atoms with Crippen LogP contribution in [0.15, 0.2) is 48.5 Å². The summed E-state index contributed by atoms with van der Waals surface area (Å²) in [6.07, 6.45) is -1.47. The molecule has 0 radical (unpaired) electrons. The zero-order chi connectivity index (χ0) is 16.9. The molecule has 0 spiro atoms. The van der Waals surface area contributed by atoms with Crippen molar-refractivity contribution in [3.8, 4) is 11.8 Å². The quantitative estimate of drug-likeness (QED) is 0.751. The molecule has 1 aromatic heterocycles. The fourth-order valence-corrected chi connectivity index (χ4v) is 2.37. The fraction of sp³-hybridized carbons (Fsp3) is 0.263. The van der Waals surface area contributed by atoms with Gasteiger partial charge >= 0.3 is 0 Å². The third-order valence-electron chi connectivity index (χ3n) is 3.66. The number of aromatic nitrogens is 3. The van der Waals surface area contributed by atoms with Crippen molar-refractivity contribution < 1.29 is 9.84 Å². The Kier molecular flexibility index (Phi) is 4.90.